The Morgan fingerprint density at radius 1 is 1.28 bits per heavy atom. The average Bonchev–Trinajstić information content (AvgIpc) is 2.79. The second-order valence-corrected chi connectivity index (χ2v) is 5.31. The molecule has 2 aromatic heterocycles. The van der Waals surface area contributed by atoms with E-state index >= 15 is 0 Å². The van der Waals surface area contributed by atoms with E-state index in [0.717, 1.165) is 32.5 Å². The van der Waals surface area contributed by atoms with Crippen LogP contribution in [-0.4, -0.2) is 9.97 Å². The molecule has 0 aliphatic heterocycles. The fourth-order valence-corrected chi connectivity index (χ4v) is 2.79. The fraction of sp³-hybridized carbons (Fsp3) is 0.0769. The summed E-state index contributed by atoms with van der Waals surface area (Å²) < 4.78 is 1.09. The number of aromatic nitrogens is 2. The molecule has 0 bridgehead atoms. The van der Waals surface area contributed by atoms with E-state index in [0.29, 0.717) is 0 Å². The molecule has 1 N–H and O–H groups in total. The van der Waals surface area contributed by atoms with Gasteiger partial charge in [-0.05, 0) is 29.8 Å². The Bertz CT molecular complexity index is 666. The van der Waals surface area contributed by atoms with E-state index < -0.39 is 0 Å². The Kier molecular flexibility index (Phi) is 3.13. The molecule has 0 saturated carbocycles. The third kappa shape index (κ3) is 2.44. The van der Waals surface area contributed by atoms with Crippen LogP contribution in [0.3, 0.4) is 0 Å². The standard InChI is InChI=1S/C13H10ClN3S/c14-10-3-4-11-12(6-10)18-13(17-11)16-8-9-2-1-5-15-7-9/h1-7H,8H2,(H,16,17). The topological polar surface area (TPSA) is 37.8 Å². The summed E-state index contributed by atoms with van der Waals surface area (Å²) in [4.78, 5) is 8.57. The SMILES string of the molecule is Clc1ccc2nc(NCc3cccnc3)sc2c1. The van der Waals surface area contributed by atoms with Crippen molar-refractivity contribution in [3.63, 3.8) is 0 Å². The molecular formula is C13H10ClN3S. The lowest BCUT2D eigenvalue weighted by Crippen LogP contribution is -1.98. The number of nitrogens with one attached hydrogen (secondary N) is 1. The minimum Gasteiger partial charge on any atom is -0.357 e. The maximum Gasteiger partial charge on any atom is 0.184 e. The Hall–Kier alpha value is -1.65. The molecule has 0 radical (unpaired) electrons. The summed E-state index contributed by atoms with van der Waals surface area (Å²) in [5.41, 5.74) is 2.10. The Morgan fingerprint density at radius 3 is 3.06 bits per heavy atom. The summed E-state index contributed by atoms with van der Waals surface area (Å²) in [5, 5.41) is 4.93. The van der Waals surface area contributed by atoms with Crippen molar-refractivity contribution in [2.24, 2.45) is 0 Å². The van der Waals surface area contributed by atoms with Crippen LogP contribution in [0.4, 0.5) is 5.13 Å². The van der Waals surface area contributed by atoms with E-state index in [1.807, 2.05) is 36.5 Å². The number of nitrogens with zero attached hydrogens (tertiary/aromatic N) is 2. The highest BCUT2D eigenvalue weighted by Crippen LogP contribution is 2.28. The van der Waals surface area contributed by atoms with Crippen molar-refractivity contribution in [2.45, 2.75) is 6.54 Å². The zero-order valence-electron chi connectivity index (χ0n) is 9.43. The summed E-state index contributed by atoms with van der Waals surface area (Å²) in [6, 6.07) is 9.68. The van der Waals surface area contributed by atoms with Gasteiger partial charge in [0.25, 0.3) is 0 Å². The first-order chi connectivity index (χ1) is 8.81. The van der Waals surface area contributed by atoms with Crippen molar-refractivity contribution in [1.29, 1.82) is 0 Å². The molecule has 3 nitrogen and oxygen atoms in total. The van der Waals surface area contributed by atoms with Gasteiger partial charge in [0.1, 0.15) is 0 Å². The number of rotatable bonds is 3. The van der Waals surface area contributed by atoms with Gasteiger partial charge in [-0.1, -0.05) is 29.0 Å². The molecule has 0 aliphatic carbocycles. The van der Waals surface area contributed by atoms with Gasteiger partial charge in [0.15, 0.2) is 5.13 Å². The Morgan fingerprint density at radius 2 is 2.22 bits per heavy atom. The third-order valence-corrected chi connectivity index (χ3v) is 3.73. The first-order valence-corrected chi connectivity index (χ1v) is 6.69. The molecular weight excluding hydrogens is 266 g/mol. The van der Waals surface area contributed by atoms with Crippen LogP contribution in [0.1, 0.15) is 5.56 Å². The number of benzene rings is 1. The lowest BCUT2D eigenvalue weighted by Gasteiger charge is -2.00. The second kappa shape index (κ2) is 4.92. The van der Waals surface area contributed by atoms with Crippen LogP contribution < -0.4 is 5.32 Å². The van der Waals surface area contributed by atoms with Gasteiger partial charge in [0.05, 0.1) is 10.2 Å². The van der Waals surface area contributed by atoms with Gasteiger partial charge >= 0.3 is 0 Å². The summed E-state index contributed by atoms with van der Waals surface area (Å²) in [5.74, 6) is 0. The number of hydrogen-bond acceptors (Lipinski definition) is 4. The monoisotopic (exact) mass is 275 g/mol. The molecule has 0 saturated heterocycles. The van der Waals surface area contributed by atoms with E-state index in [9.17, 15) is 0 Å². The number of hydrogen-bond donors (Lipinski definition) is 1. The average molecular weight is 276 g/mol. The molecule has 90 valence electrons. The molecule has 3 aromatic rings. The highest BCUT2D eigenvalue weighted by molar-refractivity contribution is 7.22. The van der Waals surface area contributed by atoms with E-state index in [1.54, 1.807) is 17.5 Å². The molecule has 5 heteroatoms. The van der Waals surface area contributed by atoms with Crippen molar-refractivity contribution in [2.75, 3.05) is 5.32 Å². The number of fused-ring (bicyclic) bond motifs is 1. The molecule has 3 rings (SSSR count). The van der Waals surface area contributed by atoms with Crippen LogP contribution in [0, 0.1) is 0 Å². The van der Waals surface area contributed by atoms with E-state index in [2.05, 4.69) is 15.3 Å². The normalized spacial score (nSPS) is 10.7. The van der Waals surface area contributed by atoms with Gasteiger partial charge in [0, 0.05) is 24.0 Å². The van der Waals surface area contributed by atoms with Gasteiger partial charge in [-0.2, -0.15) is 0 Å². The molecule has 0 amide bonds. The highest BCUT2D eigenvalue weighted by atomic mass is 35.5. The molecule has 1 aromatic carbocycles. The molecule has 2 heterocycles. The molecule has 0 unspecified atom stereocenters. The van der Waals surface area contributed by atoms with Crippen LogP contribution >= 0.6 is 22.9 Å². The van der Waals surface area contributed by atoms with Gasteiger partial charge in [-0.25, -0.2) is 4.98 Å². The zero-order chi connectivity index (χ0) is 12.4. The van der Waals surface area contributed by atoms with Crippen molar-refractivity contribution >= 4 is 38.3 Å². The second-order valence-electron chi connectivity index (χ2n) is 3.85. The van der Waals surface area contributed by atoms with Gasteiger partial charge in [-0.15, -0.1) is 0 Å². The van der Waals surface area contributed by atoms with Crippen molar-refractivity contribution in [3.05, 3.63) is 53.3 Å². The number of pyridine rings is 1. The lowest BCUT2D eigenvalue weighted by atomic mass is 10.3. The van der Waals surface area contributed by atoms with Crippen LogP contribution in [0.2, 0.25) is 5.02 Å². The molecule has 0 spiro atoms. The third-order valence-electron chi connectivity index (χ3n) is 2.52. The summed E-state index contributed by atoms with van der Waals surface area (Å²) >= 11 is 7.55. The first kappa shape index (κ1) is 11.4. The lowest BCUT2D eigenvalue weighted by molar-refractivity contribution is 1.11. The Labute approximate surface area is 113 Å². The summed E-state index contributed by atoms with van der Waals surface area (Å²) in [6.07, 6.45) is 3.61. The number of halogens is 1. The maximum atomic E-state index is 5.95. The van der Waals surface area contributed by atoms with Gasteiger partial charge in [0.2, 0.25) is 0 Å². The highest BCUT2D eigenvalue weighted by Gasteiger charge is 2.03. The number of anilines is 1. The van der Waals surface area contributed by atoms with E-state index in [-0.39, 0.29) is 0 Å². The minimum absolute atomic E-state index is 0.724. The minimum atomic E-state index is 0.724. The van der Waals surface area contributed by atoms with E-state index in [1.165, 1.54) is 0 Å². The largest absolute Gasteiger partial charge is 0.357 e. The van der Waals surface area contributed by atoms with Gasteiger partial charge in [-0.3, -0.25) is 4.98 Å². The van der Waals surface area contributed by atoms with Crippen LogP contribution in [-0.2, 0) is 6.54 Å². The quantitative estimate of drug-likeness (QED) is 0.786. The van der Waals surface area contributed by atoms with Crippen LogP contribution in [0.15, 0.2) is 42.7 Å². The van der Waals surface area contributed by atoms with E-state index in [4.69, 9.17) is 11.6 Å². The van der Waals surface area contributed by atoms with Gasteiger partial charge < -0.3 is 5.32 Å². The van der Waals surface area contributed by atoms with Crippen molar-refractivity contribution in [1.82, 2.24) is 9.97 Å². The summed E-state index contributed by atoms with van der Waals surface area (Å²) in [6.45, 7) is 0.724. The number of thiazole rings is 1. The smallest absolute Gasteiger partial charge is 0.184 e. The predicted molar refractivity (Wildman–Crippen MR) is 76.2 cm³/mol. The zero-order valence-corrected chi connectivity index (χ0v) is 11.0. The van der Waals surface area contributed by atoms with Crippen LogP contribution in [0.5, 0.6) is 0 Å². The van der Waals surface area contributed by atoms with Crippen LogP contribution in [0.25, 0.3) is 10.2 Å². The first-order valence-electron chi connectivity index (χ1n) is 5.50. The van der Waals surface area contributed by atoms with Crippen molar-refractivity contribution < 1.29 is 0 Å². The Balaban J connectivity index is 1.79. The summed E-state index contributed by atoms with van der Waals surface area (Å²) in [7, 11) is 0. The molecule has 18 heavy (non-hydrogen) atoms. The molecule has 0 fully saturated rings. The fourth-order valence-electron chi connectivity index (χ4n) is 1.65. The predicted octanol–water partition coefficient (Wildman–Crippen LogP) is 3.96. The van der Waals surface area contributed by atoms with Crippen molar-refractivity contribution in [3.8, 4) is 0 Å². The molecule has 0 aliphatic rings. The maximum absolute atomic E-state index is 5.95. The molecule has 0 atom stereocenters.